The average molecular weight is 263 g/mol. The molecule has 1 aromatic carbocycles. The molecule has 0 amide bonds. The Morgan fingerprint density at radius 1 is 1.28 bits per heavy atom. The van der Waals surface area contributed by atoms with Crippen molar-refractivity contribution in [3.05, 3.63) is 52.7 Å². The van der Waals surface area contributed by atoms with Crippen molar-refractivity contribution >= 4 is 11.6 Å². The number of halogens is 1. The number of hydrogen-bond donors (Lipinski definition) is 1. The largest absolute Gasteiger partial charge is 0.437 e. The van der Waals surface area contributed by atoms with Crippen LogP contribution in [0.25, 0.3) is 0 Å². The van der Waals surface area contributed by atoms with Crippen molar-refractivity contribution in [2.75, 3.05) is 0 Å². The Kier molecular flexibility index (Phi) is 3.84. The Hall–Kier alpha value is -1.58. The van der Waals surface area contributed by atoms with Crippen LogP contribution >= 0.6 is 11.6 Å². The molecule has 2 aromatic rings. The topological polar surface area (TPSA) is 48.1 Å². The Labute approximate surface area is 112 Å². The molecule has 2 N–H and O–H groups in total. The molecule has 1 aromatic heterocycles. The van der Waals surface area contributed by atoms with Gasteiger partial charge in [-0.25, -0.2) is 4.98 Å². The Morgan fingerprint density at radius 3 is 2.78 bits per heavy atom. The van der Waals surface area contributed by atoms with Crippen LogP contribution < -0.4 is 10.5 Å². The molecule has 0 radical (unpaired) electrons. The molecule has 4 heteroatoms. The fourth-order valence-electron chi connectivity index (χ4n) is 1.57. The lowest BCUT2D eigenvalue weighted by molar-refractivity contribution is 0.461. The average Bonchev–Trinajstić information content (AvgIpc) is 2.34. The maximum Gasteiger partial charge on any atom is 0.219 e. The highest BCUT2D eigenvalue weighted by atomic mass is 35.5. The van der Waals surface area contributed by atoms with Crippen molar-refractivity contribution in [1.82, 2.24) is 4.98 Å². The van der Waals surface area contributed by atoms with Crippen LogP contribution in [-0.4, -0.2) is 4.98 Å². The minimum Gasteiger partial charge on any atom is -0.437 e. The molecule has 1 atom stereocenters. The van der Waals surface area contributed by atoms with Crippen LogP contribution in [0, 0.1) is 6.92 Å². The van der Waals surface area contributed by atoms with Gasteiger partial charge in [0.05, 0.1) is 5.02 Å². The lowest BCUT2D eigenvalue weighted by Gasteiger charge is -2.10. The molecule has 0 aliphatic heterocycles. The number of aryl methyl sites for hydroxylation is 1. The maximum atomic E-state index is 6.07. The van der Waals surface area contributed by atoms with E-state index >= 15 is 0 Å². The first kappa shape index (κ1) is 12.9. The van der Waals surface area contributed by atoms with Gasteiger partial charge in [-0.05, 0) is 43.2 Å². The molecule has 18 heavy (non-hydrogen) atoms. The van der Waals surface area contributed by atoms with Gasteiger partial charge in [0, 0.05) is 18.3 Å². The van der Waals surface area contributed by atoms with Crippen LogP contribution in [0.4, 0.5) is 0 Å². The summed E-state index contributed by atoms with van der Waals surface area (Å²) >= 11 is 6.07. The second kappa shape index (κ2) is 5.38. The first-order valence-corrected chi connectivity index (χ1v) is 6.09. The number of benzene rings is 1. The molecule has 0 spiro atoms. The van der Waals surface area contributed by atoms with Crippen LogP contribution in [-0.2, 0) is 0 Å². The van der Waals surface area contributed by atoms with E-state index in [1.54, 1.807) is 6.20 Å². The number of rotatable bonds is 3. The summed E-state index contributed by atoms with van der Waals surface area (Å²) in [5, 5.41) is 0.564. The summed E-state index contributed by atoms with van der Waals surface area (Å²) in [5.41, 5.74) is 7.88. The van der Waals surface area contributed by atoms with Gasteiger partial charge >= 0.3 is 0 Å². The zero-order chi connectivity index (χ0) is 13.1. The summed E-state index contributed by atoms with van der Waals surface area (Å²) in [7, 11) is 0. The van der Waals surface area contributed by atoms with Gasteiger partial charge < -0.3 is 10.5 Å². The van der Waals surface area contributed by atoms with Gasteiger partial charge in [-0.2, -0.15) is 0 Å². The van der Waals surface area contributed by atoms with E-state index < -0.39 is 0 Å². The van der Waals surface area contributed by atoms with E-state index in [9.17, 15) is 0 Å². The minimum absolute atomic E-state index is 0.0525. The van der Waals surface area contributed by atoms with Gasteiger partial charge in [-0.3, -0.25) is 0 Å². The van der Waals surface area contributed by atoms with Crippen LogP contribution in [0.15, 0.2) is 36.5 Å². The first-order chi connectivity index (χ1) is 8.56. The van der Waals surface area contributed by atoms with Crippen molar-refractivity contribution in [1.29, 1.82) is 0 Å². The predicted octanol–water partition coefficient (Wildman–Crippen LogP) is 3.86. The van der Waals surface area contributed by atoms with E-state index in [0.29, 0.717) is 16.7 Å². The Bertz CT molecular complexity index is 555. The van der Waals surface area contributed by atoms with Gasteiger partial charge in [-0.15, -0.1) is 0 Å². The van der Waals surface area contributed by atoms with Crippen LogP contribution in [0.2, 0.25) is 5.02 Å². The van der Waals surface area contributed by atoms with Crippen molar-refractivity contribution in [2.45, 2.75) is 19.9 Å². The first-order valence-electron chi connectivity index (χ1n) is 5.72. The van der Waals surface area contributed by atoms with Gasteiger partial charge in [0.15, 0.2) is 0 Å². The lowest BCUT2D eigenvalue weighted by Crippen LogP contribution is -2.05. The van der Waals surface area contributed by atoms with Crippen molar-refractivity contribution in [3.8, 4) is 11.6 Å². The van der Waals surface area contributed by atoms with Crippen molar-refractivity contribution in [2.24, 2.45) is 5.73 Å². The predicted molar refractivity (Wildman–Crippen MR) is 73.1 cm³/mol. The normalized spacial score (nSPS) is 12.2. The minimum atomic E-state index is -0.0525. The number of pyridine rings is 1. The van der Waals surface area contributed by atoms with Crippen molar-refractivity contribution in [3.63, 3.8) is 0 Å². The summed E-state index contributed by atoms with van der Waals surface area (Å²) in [6, 6.07) is 9.26. The number of ether oxygens (including phenoxy) is 1. The second-order valence-corrected chi connectivity index (χ2v) is 4.66. The van der Waals surface area contributed by atoms with E-state index in [-0.39, 0.29) is 6.04 Å². The molecule has 0 aliphatic carbocycles. The highest BCUT2D eigenvalue weighted by Gasteiger charge is 2.06. The molecular weight excluding hydrogens is 248 g/mol. The fourth-order valence-corrected chi connectivity index (χ4v) is 1.72. The maximum absolute atomic E-state index is 6.07. The highest BCUT2D eigenvalue weighted by molar-refractivity contribution is 6.32. The summed E-state index contributed by atoms with van der Waals surface area (Å²) in [6.45, 7) is 3.90. The van der Waals surface area contributed by atoms with E-state index in [4.69, 9.17) is 22.1 Å². The number of aromatic nitrogens is 1. The SMILES string of the molecule is Cc1ccc(Cl)c(Oc2cc(C(C)N)ccn2)c1. The summed E-state index contributed by atoms with van der Waals surface area (Å²) in [4.78, 5) is 4.15. The monoisotopic (exact) mass is 262 g/mol. The third kappa shape index (κ3) is 3.00. The molecule has 0 aliphatic rings. The van der Waals surface area contributed by atoms with E-state index in [2.05, 4.69) is 4.98 Å². The van der Waals surface area contributed by atoms with Gasteiger partial charge in [0.1, 0.15) is 5.75 Å². The summed E-state index contributed by atoms with van der Waals surface area (Å²) < 4.78 is 5.68. The standard InChI is InChI=1S/C14H15ClN2O/c1-9-3-4-12(15)13(7-9)18-14-8-11(10(2)16)5-6-17-14/h3-8,10H,16H2,1-2H3. The molecule has 94 valence electrons. The van der Waals surface area contributed by atoms with E-state index in [1.807, 2.05) is 44.2 Å². The van der Waals surface area contributed by atoms with Crippen LogP contribution in [0.5, 0.6) is 11.6 Å². The highest BCUT2D eigenvalue weighted by Crippen LogP contribution is 2.29. The molecule has 2 rings (SSSR count). The second-order valence-electron chi connectivity index (χ2n) is 4.25. The molecule has 0 saturated heterocycles. The number of hydrogen-bond acceptors (Lipinski definition) is 3. The number of nitrogens with zero attached hydrogens (tertiary/aromatic N) is 1. The quantitative estimate of drug-likeness (QED) is 0.914. The third-order valence-corrected chi connectivity index (χ3v) is 2.90. The number of nitrogens with two attached hydrogens (primary N) is 1. The molecule has 1 heterocycles. The summed E-state index contributed by atoms with van der Waals surface area (Å²) in [5.74, 6) is 1.10. The zero-order valence-electron chi connectivity index (χ0n) is 10.4. The third-order valence-electron chi connectivity index (χ3n) is 2.59. The molecule has 0 bridgehead atoms. The van der Waals surface area contributed by atoms with Gasteiger partial charge in [0.25, 0.3) is 0 Å². The van der Waals surface area contributed by atoms with Gasteiger partial charge in [0.2, 0.25) is 5.88 Å². The Morgan fingerprint density at radius 2 is 2.06 bits per heavy atom. The zero-order valence-corrected chi connectivity index (χ0v) is 11.1. The van der Waals surface area contributed by atoms with Crippen LogP contribution in [0.1, 0.15) is 24.1 Å². The fraction of sp³-hybridized carbons (Fsp3) is 0.214. The Balaban J connectivity index is 2.28. The summed E-state index contributed by atoms with van der Waals surface area (Å²) in [6.07, 6.45) is 1.68. The molecular formula is C14H15ClN2O. The molecule has 1 unspecified atom stereocenters. The lowest BCUT2D eigenvalue weighted by atomic mass is 10.1. The smallest absolute Gasteiger partial charge is 0.219 e. The van der Waals surface area contributed by atoms with Crippen molar-refractivity contribution < 1.29 is 4.74 Å². The van der Waals surface area contributed by atoms with Gasteiger partial charge in [-0.1, -0.05) is 17.7 Å². The van der Waals surface area contributed by atoms with E-state index in [1.165, 1.54) is 0 Å². The molecule has 0 fully saturated rings. The van der Waals surface area contributed by atoms with E-state index in [0.717, 1.165) is 11.1 Å². The molecule has 3 nitrogen and oxygen atoms in total. The molecule has 0 saturated carbocycles. The van der Waals surface area contributed by atoms with Crippen LogP contribution in [0.3, 0.4) is 0 Å².